The van der Waals surface area contributed by atoms with E-state index in [0.717, 1.165) is 23.1 Å². The number of aromatic nitrogens is 1. The van der Waals surface area contributed by atoms with E-state index < -0.39 is 0 Å². The van der Waals surface area contributed by atoms with Crippen molar-refractivity contribution in [2.75, 3.05) is 18.5 Å². The Kier molecular flexibility index (Phi) is 4.54. The number of halogens is 1. The first-order chi connectivity index (χ1) is 7.05. The fourth-order valence-corrected chi connectivity index (χ4v) is 1.63. The van der Waals surface area contributed by atoms with Gasteiger partial charge in [-0.15, -0.1) is 0 Å². The molecule has 1 aromatic heterocycles. The molecule has 3 nitrogen and oxygen atoms in total. The van der Waals surface area contributed by atoms with E-state index in [1.54, 1.807) is 12.4 Å². The minimum absolute atomic E-state index is 0.0947. The van der Waals surface area contributed by atoms with Crippen LogP contribution in [-0.2, 0) is 0 Å². The second-order valence-electron chi connectivity index (χ2n) is 4.35. The van der Waals surface area contributed by atoms with Crippen LogP contribution in [0.1, 0.15) is 20.3 Å². The molecular weight excluding hydrogens is 256 g/mol. The minimum atomic E-state index is 0.0947. The summed E-state index contributed by atoms with van der Waals surface area (Å²) in [5.74, 6) is 0. The molecule has 0 saturated heterocycles. The van der Waals surface area contributed by atoms with E-state index in [9.17, 15) is 0 Å². The van der Waals surface area contributed by atoms with E-state index in [1.165, 1.54) is 0 Å². The molecule has 0 unspecified atom stereocenters. The summed E-state index contributed by atoms with van der Waals surface area (Å²) in [6, 6.07) is 1.93. The summed E-state index contributed by atoms with van der Waals surface area (Å²) in [5.41, 5.74) is 1.13. The van der Waals surface area contributed by atoms with Gasteiger partial charge < -0.3 is 10.4 Å². The smallest absolute Gasteiger partial charge is 0.0590 e. The summed E-state index contributed by atoms with van der Waals surface area (Å²) in [6.45, 7) is 5.32. The molecule has 0 radical (unpaired) electrons. The van der Waals surface area contributed by atoms with Gasteiger partial charge in [0.2, 0.25) is 0 Å². The van der Waals surface area contributed by atoms with E-state index in [-0.39, 0.29) is 12.0 Å². The summed E-state index contributed by atoms with van der Waals surface area (Å²) in [4.78, 5) is 4.00. The molecule has 84 valence electrons. The highest BCUT2D eigenvalue weighted by Gasteiger charge is 2.16. The summed E-state index contributed by atoms with van der Waals surface area (Å²) in [5, 5.41) is 12.2. The SMILES string of the molecule is CC(C)(CCO)CNc1ccncc1Br. The van der Waals surface area contributed by atoms with Gasteiger partial charge in [-0.2, -0.15) is 0 Å². The number of hydrogen-bond donors (Lipinski definition) is 2. The average Bonchev–Trinajstić information content (AvgIpc) is 2.16. The van der Waals surface area contributed by atoms with Crippen LogP contribution in [0.25, 0.3) is 0 Å². The lowest BCUT2D eigenvalue weighted by atomic mass is 9.90. The number of nitrogens with zero attached hydrogens (tertiary/aromatic N) is 1. The third kappa shape index (κ3) is 4.18. The second kappa shape index (κ2) is 5.47. The molecule has 1 aromatic rings. The summed E-state index contributed by atoms with van der Waals surface area (Å²) < 4.78 is 0.963. The standard InChI is InChI=1S/C11H17BrN2O/c1-11(2,4-6-15)8-14-10-3-5-13-7-9(10)12/h3,5,7,15H,4,6,8H2,1-2H3,(H,13,14). The van der Waals surface area contributed by atoms with E-state index in [1.807, 2.05) is 6.07 Å². The molecule has 15 heavy (non-hydrogen) atoms. The maximum absolute atomic E-state index is 8.91. The van der Waals surface area contributed by atoms with Crippen molar-refractivity contribution in [3.63, 3.8) is 0 Å². The average molecular weight is 273 g/mol. The Morgan fingerprint density at radius 2 is 2.27 bits per heavy atom. The molecule has 0 aliphatic carbocycles. The van der Waals surface area contributed by atoms with Crippen LogP contribution in [-0.4, -0.2) is 23.2 Å². The van der Waals surface area contributed by atoms with Crippen molar-refractivity contribution in [1.82, 2.24) is 4.98 Å². The van der Waals surface area contributed by atoms with E-state index in [0.29, 0.717) is 0 Å². The van der Waals surface area contributed by atoms with Gasteiger partial charge in [0.1, 0.15) is 0 Å². The first kappa shape index (κ1) is 12.5. The van der Waals surface area contributed by atoms with Gasteiger partial charge in [-0.05, 0) is 33.8 Å². The molecular formula is C11H17BrN2O. The number of rotatable bonds is 5. The lowest BCUT2D eigenvalue weighted by Crippen LogP contribution is -2.24. The lowest BCUT2D eigenvalue weighted by molar-refractivity contribution is 0.220. The topological polar surface area (TPSA) is 45.1 Å². The van der Waals surface area contributed by atoms with Gasteiger partial charge in [0, 0.05) is 25.5 Å². The van der Waals surface area contributed by atoms with Gasteiger partial charge in [0.25, 0.3) is 0 Å². The van der Waals surface area contributed by atoms with Gasteiger partial charge in [-0.1, -0.05) is 13.8 Å². The fourth-order valence-electron chi connectivity index (χ4n) is 1.24. The van der Waals surface area contributed by atoms with Gasteiger partial charge in [-0.3, -0.25) is 4.98 Å². The largest absolute Gasteiger partial charge is 0.396 e. The molecule has 0 aliphatic rings. The Labute approximate surface area is 99.1 Å². The molecule has 2 N–H and O–H groups in total. The molecule has 0 fully saturated rings. The number of aliphatic hydroxyl groups is 1. The van der Waals surface area contributed by atoms with Crippen LogP contribution in [0, 0.1) is 5.41 Å². The Bertz CT molecular complexity index is 315. The zero-order chi connectivity index (χ0) is 11.3. The van der Waals surface area contributed by atoms with Gasteiger partial charge in [0.05, 0.1) is 10.2 Å². The normalized spacial score (nSPS) is 11.5. The Balaban J connectivity index is 2.53. The molecule has 0 saturated carbocycles. The van der Waals surface area contributed by atoms with Gasteiger partial charge >= 0.3 is 0 Å². The lowest BCUT2D eigenvalue weighted by Gasteiger charge is -2.24. The van der Waals surface area contributed by atoms with Crippen molar-refractivity contribution in [2.45, 2.75) is 20.3 Å². The summed E-state index contributed by atoms with van der Waals surface area (Å²) in [7, 11) is 0. The predicted octanol–water partition coefficient (Wildman–Crippen LogP) is 2.66. The first-order valence-corrected chi connectivity index (χ1v) is 5.79. The summed E-state index contributed by atoms with van der Waals surface area (Å²) in [6.07, 6.45) is 4.32. The molecule has 0 spiro atoms. The van der Waals surface area contributed by atoms with Crippen LogP contribution >= 0.6 is 15.9 Å². The van der Waals surface area contributed by atoms with E-state index >= 15 is 0 Å². The van der Waals surface area contributed by atoms with Crippen molar-refractivity contribution < 1.29 is 5.11 Å². The van der Waals surface area contributed by atoms with Gasteiger partial charge in [-0.25, -0.2) is 0 Å². The zero-order valence-electron chi connectivity index (χ0n) is 9.13. The molecule has 1 rings (SSSR count). The number of aliphatic hydroxyl groups excluding tert-OH is 1. The van der Waals surface area contributed by atoms with Crippen molar-refractivity contribution in [1.29, 1.82) is 0 Å². The van der Waals surface area contributed by atoms with Crippen LogP contribution in [0.4, 0.5) is 5.69 Å². The molecule has 1 heterocycles. The highest BCUT2D eigenvalue weighted by atomic mass is 79.9. The highest BCUT2D eigenvalue weighted by Crippen LogP contribution is 2.24. The van der Waals surface area contributed by atoms with Crippen LogP contribution in [0.3, 0.4) is 0 Å². The third-order valence-corrected chi connectivity index (χ3v) is 2.95. The van der Waals surface area contributed by atoms with Crippen molar-refractivity contribution in [3.05, 3.63) is 22.9 Å². The Morgan fingerprint density at radius 1 is 1.53 bits per heavy atom. The van der Waals surface area contributed by atoms with Crippen LogP contribution in [0.5, 0.6) is 0 Å². The van der Waals surface area contributed by atoms with Crippen LogP contribution < -0.4 is 5.32 Å². The van der Waals surface area contributed by atoms with Crippen LogP contribution in [0.15, 0.2) is 22.9 Å². The van der Waals surface area contributed by atoms with Crippen molar-refractivity contribution in [2.24, 2.45) is 5.41 Å². The quantitative estimate of drug-likeness (QED) is 0.867. The Morgan fingerprint density at radius 3 is 2.87 bits per heavy atom. The molecule has 0 atom stereocenters. The van der Waals surface area contributed by atoms with Crippen molar-refractivity contribution in [3.8, 4) is 0 Å². The monoisotopic (exact) mass is 272 g/mol. The minimum Gasteiger partial charge on any atom is -0.396 e. The van der Waals surface area contributed by atoms with E-state index in [2.05, 4.69) is 40.1 Å². The number of pyridine rings is 1. The molecule has 0 bridgehead atoms. The number of anilines is 1. The maximum atomic E-state index is 8.91. The van der Waals surface area contributed by atoms with E-state index in [4.69, 9.17) is 5.11 Å². The number of hydrogen-bond acceptors (Lipinski definition) is 3. The third-order valence-electron chi connectivity index (χ3n) is 2.32. The zero-order valence-corrected chi connectivity index (χ0v) is 10.7. The Hall–Kier alpha value is -0.610. The fraction of sp³-hybridized carbons (Fsp3) is 0.545. The van der Waals surface area contributed by atoms with Crippen molar-refractivity contribution >= 4 is 21.6 Å². The molecule has 4 heteroatoms. The maximum Gasteiger partial charge on any atom is 0.0590 e. The number of nitrogens with one attached hydrogen (secondary N) is 1. The van der Waals surface area contributed by atoms with Crippen LogP contribution in [0.2, 0.25) is 0 Å². The first-order valence-electron chi connectivity index (χ1n) is 4.99. The second-order valence-corrected chi connectivity index (χ2v) is 5.20. The summed E-state index contributed by atoms with van der Waals surface area (Å²) >= 11 is 3.43. The predicted molar refractivity (Wildman–Crippen MR) is 65.9 cm³/mol. The highest BCUT2D eigenvalue weighted by molar-refractivity contribution is 9.10. The van der Waals surface area contributed by atoms with Gasteiger partial charge in [0.15, 0.2) is 0 Å². The molecule has 0 aliphatic heterocycles. The molecule has 0 aromatic carbocycles. The molecule has 0 amide bonds.